The predicted octanol–water partition coefficient (Wildman–Crippen LogP) is 2.94. The van der Waals surface area contributed by atoms with Crippen molar-refractivity contribution in [3.8, 4) is 22.8 Å². The molecule has 0 fully saturated rings. The number of rotatable bonds is 5. The molecule has 0 saturated heterocycles. The van der Waals surface area contributed by atoms with Crippen molar-refractivity contribution in [2.75, 3.05) is 13.7 Å². The Labute approximate surface area is 123 Å². The minimum absolute atomic E-state index is 0.0226. The van der Waals surface area contributed by atoms with Gasteiger partial charge in [0.05, 0.1) is 23.9 Å². The van der Waals surface area contributed by atoms with Crippen LogP contribution in [0.3, 0.4) is 0 Å². The summed E-state index contributed by atoms with van der Waals surface area (Å²) in [5.41, 5.74) is 1.20. The Morgan fingerprint density at radius 2 is 2.15 bits per heavy atom. The Kier molecular flexibility index (Phi) is 4.29. The lowest BCUT2D eigenvalue weighted by Crippen LogP contribution is -1.96. The number of nitrogens with one attached hydrogen (secondary N) is 1. The number of H-pyrrole nitrogens is 1. The van der Waals surface area contributed by atoms with Gasteiger partial charge in [-0.3, -0.25) is 5.10 Å². The first-order valence-corrected chi connectivity index (χ1v) is 6.65. The van der Waals surface area contributed by atoms with Gasteiger partial charge in [-0.2, -0.15) is 5.10 Å². The van der Waals surface area contributed by atoms with E-state index in [0.29, 0.717) is 29.4 Å². The number of carboxylic acid groups (broad SMARTS) is 1. The molecule has 0 aliphatic rings. The monoisotopic (exact) mass is 340 g/mol. The van der Waals surface area contributed by atoms with Gasteiger partial charge in [0.15, 0.2) is 0 Å². The van der Waals surface area contributed by atoms with Gasteiger partial charge in [-0.25, -0.2) is 4.79 Å². The van der Waals surface area contributed by atoms with E-state index in [1.54, 1.807) is 19.2 Å². The molecule has 0 atom stereocenters. The molecule has 0 saturated carbocycles. The van der Waals surface area contributed by atoms with Crippen LogP contribution in [-0.2, 0) is 0 Å². The summed E-state index contributed by atoms with van der Waals surface area (Å²) in [5, 5.41) is 15.4. The van der Waals surface area contributed by atoms with Crippen molar-refractivity contribution in [1.29, 1.82) is 0 Å². The first kappa shape index (κ1) is 14.4. The molecule has 2 aromatic rings. The molecule has 0 unspecified atom stereocenters. The van der Waals surface area contributed by atoms with Crippen molar-refractivity contribution in [2.45, 2.75) is 6.92 Å². The van der Waals surface area contributed by atoms with Crippen LogP contribution in [0.15, 0.2) is 22.7 Å². The van der Waals surface area contributed by atoms with E-state index in [0.717, 1.165) is 4.47 Å². The van der Waals surface area contributed by atoms with E-state index in [-0.39, 0.29) is 5.69 Å². The van der Waals surface area contributed by atoms with Gasteiger partial charge in [-0.05, 0) is 35.0 Å². The lowest BCUT2D eigenvalue weighted by Gasteiger charge is -2.12. The summed E-state index contributed by atoms with van der Waals surface area (Å²) in [6.07, 6.45) is 0. The Balaban J connectivity index is 2.52. The molecule has 1 aromatic heterocycles. The summed E-state index contributed by atoms with van der Waals surface area (Å²) in [7, 11) is 1.56. The summed E-state index contributed by atoms with van der Waals surface area (Å²) in [5.74, 6) is 0.150. The molecule has 1 heterocycles. The van der Waals surface area contributed by atoms with Crippen LogP contribution in [0.2, 0.25) is 0 Å². The van der Waals surface area contributed by atoms with Crippen molar-refractivity contribution in [1.82, 2.24) is 10.2 Å². The van der Waals surface area contributed by atoms with Crippen molar-refractivity contribution in [3.63, 3.8) is 0 Å². The normalized spacial score (nSPS) is 10.3. The van der Waals surface area contributed by atoms with E-state index in [1.807, 2.05) is 6.92 Å². The Bertz CT molecular complexity index is 639. The number of ether oxygens (including phenoxy) is 2. The number of carboxylic acids is 1. The van der Waals surface area contributed by atoms with Gasteiger partial charge in [0, 0.05) is 11.6 Å². The predicted molar refractivity (Wildman–Crippen MR) is 76.4 cm³/mol. The molecule has 0 radical (unpaired) electrons. The number of aromatic nitrogens is 2. The van der Waals surface area contributed by atoms with Crippen LogP contribution in [0.25, 0.3) is 11.3 Å². The van der Waals surface area contributed by atoms with Crippen LogP contribution in [-0.4, -0.2) is 35.0 Å². The first-order valence-electron chi connectivity index (χ1n) is 5.86. The van der Waals surface area contributed by atoms with E-state index in [1.165, 1.54) is 6.07 Å². The summed E-state index contributed by atoms with van der Waals surface area (Å²) in [6.45, 7) is 2.35. The fraction of sp³-hybridized carbons (Fsp3) is 0.231. The number of carbonyl (C=O) groups is 1. The fourth-order valence-corrected chi connectivity index (χ4v) is 2.24. The van der Waals surface area contributed by atoms with Crippen molar-refractivity contribution in [3.05, 3.63) is 28.4 Å². The molecule has 6 nitrogen and oxygen atoms in total. The van der Waals surface area contributed by atoms with E-state index in [2.05, 4.69) is 26.1 Å². The van der Waals surface area contributed by atoms with E-state index >= 15 is 0 Å². The summed E-state index contributed by atoms with van der Waals surface area (Å²) >= 11 is 3.39. The molecule has 0 spiro atoms. The number of halogens is 1. The fourth-order valence-electron chi connectivity index (χ4n) is 1.74. The molecule has 0 bridgehead atoms. The summed E-state index contributed by atoms with van der Waals surface area (Å²) < 4.78 is 11.5. The smallest absolute Gasteiger partial charge is 0.353 e. The minimum atomic E-state index is -1.06. The largest absolute Gasteiger partial charge is 0.495 e. The second-order valence-corrected chi connectivity index (χ2v) is 4.74. The number of nitrogens with zero attached hydrogens (tertiary/aromatic N) is 1. The molecule has 20 heavy (non-hydrogen) atoms. The second kappa shape index (κ2) is 5.96. The third kappa shape index (κ3) is 2.77. The highest BCUT2D eigenvalue weighted by atomic mass is 79.9. The third-order valence-corrected chi connectivity index (χ3v) is 3.26. The highest BCUT2D eigenvalue weighted by molar-refractivity contribution is 9.10. The zero-order valence-corrected chi connectivity index (χ0v) is 12.5. The minimum Gasteiger partial charge on any atom is -0.495 e. The van der Waals surface area contributed by atoms with Crippen molar-refractivity contribution in [2.24, 2.45) is 0 Å². The topological polar surface area (TPSA) is 84.4 Å². The number of hydrogen-bond acceptors (Lipinski definition) is 4. The van der Waals surface area contributed by atoms with E-state index in [4.69, 9.17) is 14.6 Å². The summed E-state index contributed by atoms with van der Waals surface area (Å²) in [4.78, 5) is 10.9. The maximum atomic E-state index is 10.9. The van der Waals surface area contributed by atoms with E-state index < -0.39 is 5.97 Å². The summed E-state index contributed by atoms with van der Waals surface area (Å²) in [6, 6.07) is 4.97. The molecular formula is C13H13BrN2O4. The first-order chi connectivity index (χ1) is 9.56. The number of aromatic amines is 1. The molecule has 2 rings (SSSR count). The molecule has 0 aliphatic heterocycles. The molecule has 1 aromatic carbocycles. The van der Waals surface area contributed by atoms with Gasteiger partial charge in [0.2, 0.25) is 0 Å². The second-order valence-electron chi connectivity index (χ2n) is 3.89. The average Bonchev–Trinajstić information content (AvgIpc) is 2.90. The van der Waals surface area contributed by atoms with Crippen LogP contribution in [0.5, 0.6) is 11.5 Å². The van der Waals surface area contributed by atoms with Crippen LogP contribution in [0, 0.1) is 0 Å². The maximum absolute atomic E-state index is 10.9. The Hall–Kier alpha value is -2.02. The Morgan fingerprint density at radius 3 is 2.70 bits per heavy atom. The molecular weight excluding hydrogens is 328 g/mol. The van der Waals surface area contributed by atoms with Gasteiger partial charge < -0.3 is 14.6 Å². The third-order valence-electron chi connectivity index (χ3n) is 2.64. The molecule has 7 heteroatoms. The lowest BCUT2D eigenvalue weighted by atomic mass is 10.1. The molecule has 0 aliphatic carbocycles. The highest BCUT2D eigenvalue weighted by Gasteiger charge is 2.16. The molecule has 106 valence electrons. The van der Waals surface area contributed by atoms with Crippen molar-refractivity contribution >= 4 is 21.9 Å². The van der Waals surface area contributed by atoms with Crippen LogP contribution in [0.4, 0.5) is 0 Å². The SMILES string of the molecule is CCOc1cc(OC)c(Br)cc1-c1cc(C(=O)O)[nH]n1. The van der Waals surface area contributed by atoms with Crippen LogP contribution >= 0.6 is 15.9 Å². The molecule has 2 N–H and O–H groups in total. The number of aromatic carboxylic acids is 1. The zero-order valence-electron chi connectivity index (χ0n) is 10.9. The van der Waals surface area contributed by atoms with Gasteiger partial charge in [-0.15, -0.1) is 0 Å². The standard InChI is InChI=1S/C13H13BrN2O4/c1-3-20-11-6-12(19-2)8(14)4-7(11)9-5-10(13(17)18)16-15-9/h4-6H,3H2,1-2H3,(H,15,16)(H,17,18). The quantitative estimate of drug-likeness (QED) is 0.874. The maximum Gasteiger partial charge on any atom is 0.353 e. The lowest BCUT2D eigenvalue weighted by molar-refractivity contribution is 0.0690. The van der Waals surface area contributed by atoms with Gasteiger partial charge >= 0.3 is 5.97 Å². The Morgan fingerprint density at radius 1 is 1.40 bits per heavy atom. The van der Waals surface area contributed by atoms with Crippen LogP contribution in [0.1, 0.15) is 17.4 Å². The van der Waals surface area contributed by atoms with E-state index in [9.17, 15) is 4.79 Å². The number of benzene rings is 1. The zero-order chi connectivity index (χ0) is 14.7. The van der Waals surface area contributed by atoms with Crippen molar-refractivity contribution < 1.29 is 19.4 Å². The molecule has 0 amide bonds. The number of methoxy groups -OCH3 is 1. The number of hydrogen-bond donors (Lipinski definition) is 2. The highest BCUT2D eigenvalue weighted by Crippen LogP contribution is 2.38. The van der Waals surface area contributed by atoms with Gasteiger partial charge in [-0.1, -0.05) is 0 Å². The van der Waals surface area contributed by atoms with Gasteiger partial charge in [0.25, 0.3) is 0 Å². The average molecular weight is 341 g/mol. The van der Waals surface area contributed by atoms with Gasteiger partial charge in [0.1, 0.15) is 17.2 Å². The van der Waals surface area contributed by atoms with Crippen LogP contribution < -0.4 is 9.47 Å².